The summed E-state index contributed by atoms with van der Waals surface area (Å²) in [6.07, 6.45) is 1.47. The third kappa shape index (κ3) is 3.55. The molecule has 0 saturated heterocycles. The fourth-order valence-electron chi connectivity index (χ4n) is 2.32. The highest BCUT2D eigenvalue weighted by Gasteiger charge is 2.12. The summed E-state index contributed by atoms with van der Waals surface area (Å²) in [7, 11) is 1.66. The van der Waals surface area contributed by atoms with Crippen LogP contribution in [0.5, 0.6) is 0 Å². The Kier molecular flexibility index (Phi) is 4.77. The number of ether oxygens (including phenoxy) is 1. The number of nitrogen functional groups attached to an aromatic ring is 1. The van der Waals surface area contributed by atoms with Crippen LogP contribution in [-0.4, -0.2) is 34.7 Å². The van der Waals surface area contributed by atoms with Crippen molar-refractivity contribution >= 4 is 44.0 Å². The Labute approximate surface area is 144 Å². The van der Waals surface area contributed by atoms with Gasteiger partial charge in [-0.3, -0.25) is 0 Å². The Bertz CT molecular complexity index is 850. The highest BCUT2D eigenvalue weighted by molar-refractivity contribution is 7.22. The van der Waals surface area contributed by atoms with Crippen LogP contribution in [0.3, 0.4) is 0 Å². The molecular formula is C16H20N6OS. The molecule has 0 aliphatic carbocycles. The largest absolute Gasteiger partial charge is 0.393 e. The Morgan fingerprint density at radius 3 is 2.88 bits per heavy atom. The number of rotatable bonds is 6. The lowest BCUT2D eigenvalue weighted by molar-refractivity contribution is 0.190. The maximum atomic E-state index is 6.18. The molecular weight excluding hydrogens is 324 g/mol. The van der Waals surface area contributed by atoms with E-state index in [0.29, 0.717) is 23.9 Å². The third-order valence-electron chi connectivity index (χ3n) is 3.45. The van der Waals surface area contributed by atoms with Gasteiger partial charge < -0.3 is 21.1 Å². The summed E-state index contributed by atoms with van der Waals surface area (Å²) >= 11 is 1.56. The second-order valence-electron chi connectivity index (χ2n) is 5.60. The molecule has 0 spiro atoms. The highest BCUT2D eigenvalue weighted by atomic mass is 32.1. The second kappa shape index (κ2) is 6.98. The van der Waals surface area contributed by atoms with Gasteiger partial charge in [-0.1, -0.05) is 17.4 Å². The fraction of sp³-hybridized carbons (Fsp3) is 0.312. The second-order valence-corrected chi connectivity index (χ2v) is 6.63. The lowest BCUT2D eigenvalue weighted by atomic mass is 10.2. The summed E-state index contributed by atoms with van der Waals surface area (Å²) in [6.45, 7) is 4.62. The quantitative estimate of drug-likeness (QED) is 0.632. The first-order chi connectivity index (χ1) is 11.6. The van der Waals surface area contributed by atoms with Crippen molar-refractivity contribution in [3.8, 4) is 0 Å². The van der Waals surface area contributed by atoms with Gasteiger partial charge in [0.1, 0.15) is 12.0 Å². The van der Waals surface area contributed by atoms with Crippen LogP contribution in [0.2, 0.25) is 0 Å². The number of nitrogens with one attached hydrogen (secondary N) is 2. The Morgan fingerprint density at radius 1 is 1.29 bits per heavy atom. The van der Waals surface area contributed by atoms with Crippen LogP contribution in [0.4, 0.5) is 22.5 Å². The molecule has 0 radical (unpaired) electrons. The molecule has 0 aliphatic heterocycles. The lowest BCUT2D eigenvalue weighted by Crippen LogP contribution is -2.22. The molecule has 2 aromatic heterocycles. The molecule has 0 amide bonds. The molecule has 1 aromatic carbocycles. The van der Waals surface area contributed by atoms with E-state index in [1.807, 2.05) is 19.1 Å². The zero-order chi connectivity index (χ0) is 17.1. The van der Waals surface area contributed by atoms with Crippen molar-refractivity contribution in [2.45, 2.75) is 19.9 Å². The smallest absolute Gasteiger partial charge is 0.189 e. The van der Waals surface area contributed by atoms with Crippen LogP contribution in [0, 0.1) is 6.92 Å². The lowest BCUT2D eigenvalue weighted by Gasteiger charge is -2.16. The fourth-order valence-corrected chi connectivity index (χ4v) is 3.28. The molecule has 8 heteroatoms. The van der Waals surface area contributed by atoms with Crippen molar-refractivity contribution in [1.29, 1.82) is 0 Å². The number of nitrogens with zero attached hydrogens (tertiary/aromatic N) is 3. The van der Waals surface area contributed by atoms with E-state index in [1.165, 1.54) is 11.9 Å². The average molecular weight is 344 g/mol. The first kappa shape index (κ1) is 16.4. The topological polar surface area (TPSA) is 98.0 Å². The van der Waals surface area contributed by atoms with Gasteiger partial charge in [0, 0.05) is 13.2 Å². The van der Waals surface area contributed by atoms with Gasteiger partial charge in [-0.15, -0.1) is 0 Å². The molecule has 3 rings (SSSR count). The minimum absolute atomic E-state index is 0.0884. The zero-order valence-corrected chi connectivity index (χ0v) is 14.6. The summed E-state index contributed by atoms with van der Waals surface area (Å²) in [5.41, 5.74) is 8.79. The summed E-state index contributed by atoms with van der Waals surface area (Å²) in [4.78, 5) is 13.0. The monoisotopic (exact) mass is 344 g/mol. The van der Waals surface area contributed by atoms with Gasteiger partial charge in [-0.05, 0) is 31.5 Å². The van der Waals surface area contributed by atoms with Gasteiger partial charge >= 0.3 is 0 Å². The molecule has 2 heterocycles. The number of methoxy groups -OCH3 is 1. The Morgan fingerprint density at radius 2 is 2.08 bits per heavy atom. The van der Waals surface area contributed by atoms with Gasteiger partial charge in [-0.2, -0.15) is 0 Å². The van der Waals surface area contributed by atoms with Crippen molar-refractivity contribution in [3.63, 3.8) is 0 Å². The number of aromatic nitrogens is 3. The zero-order valence-electron chi connectivity index (χ0n) is 13.8. The molecule has 1 unspecified atom stereocenters. The van der Waals surface area contributed by atoms with Crippen LogP contribution < -0.4 is 16.4 Å². The number of fused-ring (bicyclic) bond motifs is 1. The van der Waals surface area contributed by atoms with E-state index < -0.39 is 0 Å². The van der Waals surface area contributed by atoms with Gasteiger partial charge in [0.15, 0.2) is 16.8 Å². The first-order valence-electron chi connectivity index (χ1n) is 7.57. The van der Waals surface area contributed by atoms with E-state index in [0.717, 1.165) is 15.3 Å². The van der Waals surface area contributed by atoms with E-state index in [9.17, 15) is 0 Å². The standard InChI is InChI=1S/C16H20N6OS/c1-9-4-5-11-12(6-9)24-16(21-11)22-15-13(17)14(18-8-19-15)20-10(2)7-23-3/h4-6,8,10H,7,17H2,1-3H3,(H2,18,19,20,21,22). The Balaban J connectivity index is 1.83. The minimum atomic E-state index is 0.0884. The number of aryl methyl sites for hydroxylation is 1. The number of nitrogens with two attached hydrogens (primary N) is 1. The van der Waals surface area contributed by atoms with Gasteiger partial charge in [0.2, 0.25) is 0 Å². The normalized spacial score (nSPS) is 12.3. The summed E-state index contributed by atoms with van der Waals surface area (Å²) in [5.74, 6) is 1.11. The van der Waals surface area contributed by atoms with Crippen LogP contribution in [0.15, 0.2) is 24.5 Å². The van der Waals surface area contributed by atoms with E-state index in [1.54, 1.807) is 18.4 Å². The van der Waals surface area contributed by atoms with Gasteiger partial charge in [0.25, 0.3) is 0 Å². The summed E-state index contributed by atoms with van der Waals surface area (Å²) < 4.78 is 6.24. The summed E-state index contributed by atoms with van der Waals surface area (Å²) in [6, 6.07) is 6.26. The molecule has 126 valence electrons. The molecule has 3 aromatic rings. The highest BCUT2D eigenvalue weighted by Crippen LogP contribution is 2.31. The molecule has 0 saturated carbocycles. The number of anilines is 4. The van der Waals surface area contributed by atoms with Gasteiger partial charge in [-0.25, -0.2) is 15.0 Å². The number of thiazole rings is 1. The summed E-state index contributed by atoms with van der Waals surface area (Å²) in [5, 5.41) is 7.15. The number of hydrogen-bond donors (Lipinski definition) is 3. The number of hydrogen-bond acceptors (Lipinski definition) is 8. The third-order valence-corrected chi connectivity index (χ3v) is 4.39. The molecule has 1 atom stereocenters. The van der Waals surface area contributed by atoms with Crippen LogP contribution in [-0.2, 0) is 4.74 Å². The van der Waals surface area contributed by atoms with Crippen molar-refractivity contribution in [1.82, 2.24) is 15.0 Å². The van der Waals surface area contributed by atoms with Crippen LogP contribution in [0.1, 0.15) is 12.5 Å². The predicted octanol–water partition coefficient (Wildman–Crippen LogP) is 3.17. The van der Waals surface area contributed by atoms with Crippen molar-refractivity contribution in [2.75, 3.05) is 30.1 Å². The van der Waals surface area contributed by atoms with Crippen LogP contribution >= 0.6 is 11.3 Å². The van der Waals surface area contributed by atoms with Crippen molar-refractivity contribution < 1.29 is 4.74 Å². The van der Waals surface area contributed by atoms with Crippen LogP contribution in [0.25, 0.3) is 10.2 Å². The van der Waals surface area contributed by atoms with Gasteiger partial charge in [0.05, 0.1) is 16.8 Å². The molecule has 0 bridgehead atoms. The van der Waals surface area contributed by atoms with Crippen molar-refractivity contribution in [2.24, 2.45) is 0 Å². The molecule has 7 nitrogen and oxygen atoms in total. The maximum Gasteiger partial charge on any atom is 0.189 e. The first-order valence-corrected chi connectivity index (χ1v) is 8.38. The van der Waals surface area contributed by atoms with E-state index >= 15 is 0 Å². The van der Waals surface area contributed by atoms with Crippen molar-refractivity contribution in [3.05, 3.63) is 30.1 Å². The minimum Gasteiger partial charge on any atom is -0.393 e. The maximum absolute atomic E-state index is 6.18. The van der Waals surface area contributed by atoms with E-state index in [4.69, 9.17) is 10.5 Å². The molecule has 0 fully saturated rings. The molecule has 0 aliphatic rings. The molecule has 4 N–H and O–H groups in total. The SMILES string of the molecule is COCC(C)Nc1ncnc(Nc2nc3ccc(C)cc3s2)c1N. The average Bonchev–Trinajstić information content (AvgIpc) is 2.93. The predicted molar refractivity (Wildman–Crippen MR) is 99.0 cm³/mol. The van der Waals surface area contributed by atoms with E-state index in [2.05, 4.69) is 38.6 Å². The Hall–Kier alpha value is -2.45. The molecule has 24 heavy (non-hydrogen) atoms. The number of benzene rings is 1. The van der Waals surface area contributed by atoms with E-state index in [-0.39, 0.29) is 6.04 Å².